The maximum absolute atomic E-state index is 15.5. The number of aryl methyl sites for hydroxylation is 1. The van der Waals surface area contributed by atoms with E-state index in [1.807, 2.05) is 0 Å². The zero-order valence-corrected chi connectivity index (χ0v) is 41.3. The van der Waals surface area contributed by atoms with Crippen LogP contribution in [0.4, 0.5) is 4.39 Å². The lowest BCUT2D eigenvalue weighted by atomic mass is 9.81. The number of fused-ring (bicyclic) bond motifs is 4. The van der Waals surface area contributed by atoms with Crippen molar-refractivity contribution >= 4 is 63.9 Å². The Hall–Kier alpha value is -6.78. The van der Waals surface area contributed by atoms with E-state index in [-0.39, 0.29) is 55.6 Å². The van der Waals surface area contributed by atoms with Crippen LogP contribution in [0, 0.1) is 18.7 Å². The summed E-state index contributed by atoms with van der Waals surface area (Å²) in [5.74, 6) is -7.45. The Morgan fingerprint density at radius 2 is 1.68 bits per heavy atom. The number of hydrogen-bond acceptors (Lipinski definition) is 19. The molecule has 1 aromatic heterocycles. The smallest absolute Gasteiger partial charge is 0.343 e. The molecule has 0 saturated carbocycles. The first-order chi connectivity index (χ1) is 35.6. The second-order valence-corrected chi connectivity index (χ2v) is 19.4. The van der Waals surface area contributed by atoms with Crippen molar-refractivity contribution in [2.75, 3.05) is 39.5 Å². The molecule has 1 saturated heterocycles. The van der Waals surface area contributed by atoms with Crippen LogP contribution in [-0.2, 0) is 65.5 Å². The highest BCUT2D eigenvalue weighted by Crippen LogP contribution is 2.49. The summed E-state index contributed by atoms with van der Waals surface area (Å²) < 4.78 is 31.8. The molecule has 5 aliphatic heterocycles. The molecule has 25 nitrogen and oxygen atoms in total. The number of esters is 1. The molecule has 3 unspecified atom stereocenters. The molecule has 1 fully saturated rings. The van der Waals surface area contributed by atoms with E-state index in [0.29, 0.717) is 50.4 Å². The number of pyridine rings is 1. The molecule has 7 amide bonds. The fourth-order valence-electron chi connectivity index (χ4n) is 10.1. The van der Waals surface area contributed by atoms with Crippen LogP contribution in [-0.4, -0.2) is 187 Å². The van der Waals surface area contributed by atoms with Gasteiger partial charge in [0.05, 0.1) is 42.7 Å². The molecule has 0 radical (unpaired) electrons. The highest BCUT2D eigenvalue weighted by atomic mass is 19.1. The first kappa shape index (κ1) is 54.5. The number of cyclic esters (lactones) is 1. The van der Waals surface area contributed by atoms with E-state index in [4.69, 9.17) is 19.2 Å². The van der Waals surface area contributed by atoms with Crippen molar-refractivity contribution < 1.29 is 87.6 Å². The van der Waals surface area contributed by atoms with Gasteiger partial charge in [0.2, 0.25) is 29.5 Å². The van der Waals surface area contributed by atoms with E-state index in [1.165, 1.54) is 6.07 Å². The van der Waals surface area contributed by atoms with E-state index >= 15 is 4.39 Å². The van der Waals surface area contributed by atoms with Crippen molar-refractivity contribution in [1.29, 1.82) is 0 Å². The zero-order valence-electron chi connectivity index (χ0n) is 41.3. The third-order valence-electron chi connectivity index (χ3n) is 14.4. The molecule has 0 spiro atoms. The molecule has 2 aromatic rings. The lowest BCUT2D eigenvalue weighted by Crippen LogP contribution is -2.61. The van der Waals surface area contributed by atoms with Crippen LogP contribution >= 0.6 is 0 Å². The second kappa shape index (κ2) is 21.8. The lowest BCUT2D eigenvalue weighted by molar-refractivity contribution is -0.301. The number of nitrogens with zero attached hydrogens (tertiary/aromatic N) is 3. The second-order valence-electron chi connectivity index (χ2n) is 19.4. The molecule has 6 heterocycles. The van der Waals surface area contributed by atoms with Crippen molar-refractivity contribution in [3.8, 4) is 0 Å². The van der Waals surface area contributed by atoms with Gasteiger partial charge >= 0.3 is 5.97 Å². The minimum atomic E-state index is -2.05. The van der Waals surface area contributed by atoms with Gasteiger partial charge in [-0.1, -0.05) is 20.8 Å². The average Bonchev–Trinajstić information content (AvgIpc) is 3.91. The first-order valence-electron chi connectivity index (χ1n) is 24.4. The standard InChI is InChI=1S/C49H59FN8O17/c1-5-49(72)25-12-30-40-23(15-57(30)46(70)24(25)18-74-48(49)71)38-27(7-6-22-21(4)26(50)13-28(54-40)37(22)38)53-33(61)14-52-44(68)29(19-73-47-43(67)42(66)41(65)31(17-59)75-47)55-45(69)39(20(2)3)56-32(60)10-11-51-34(62)16-58-35(63)8-9-36(58)64/h8-9,12-13,20,27,29,31,39,41-43,46-47,59,65-67,70,72H,5-7,10-11,14-19H2,1-4H3,(H,51,62)(H,52,68)(H,53,61)(H,55,69)(H,56,60)/t27?,29?,31-,39+,41-,42+,43-,46?,47-,49+/m1/s1. The van der Waals surface area contributed by atoms with Crippen LogP contribution in [0.3, 0.4) is 0 Å². The Kier molecular flexibility index (Phi) is 15.9. The number of halogens is 1. The molecule has 1 aromatic carbocycles. The SMILES string of the molecule is CC[C@@]1(O)C(=O)OCC2=C1C=C1c3nc4cc(F)c(C)c5c4c(c3CN1C2O)C(NC(=O)CNC(=O)C(CO[C@@H]1O[C@H](CO)[C@@H](O)[C@H](O)[C@H]1O)NC(=O)[C@@H](NC(=O)CCNC(=O)CN1C(=O)C=CC1=O)C(C)C)CC5. The molecule has 0 bridgehead atoms. The highest BCUT2D eigenvalue weighted by Gasteiger charge is 2.51. The summed E-state index contributed by atoms with van der Waals surface area (Å²) in [7, 11) is 0. The Balaban J connectivity index is 0.984. The van der Waals surface area contributed by atoms with Crippen molar-refractivity contribution in [3.05, 3.63) is 69.2 Å². The summed E-state index contributed by atoms with van der Waals surface area (Å²) in [5.41, 5.74) is 1.53. The summed E-state index contributed by atoms with van der Waals surface area (Å²) in [6, 6.07) is -2.51. The third kappa shape index (κ3) is 10.5. The third-order valence-corrected chi connectivity index (χ3v) is 14.4. The zero-order chi connectivity index (χ0) is 54.4. The quantitative estimate of drug-likeness (QED) is 0.0505. The summed E-state index contributed by atoms with van der Waals surface area (Å²) in [4.78, 5) is 111. The minimum Gasteiger partial charge on any atom is -0.459 e. The van der Waals surface area contributed by atoms with Crippen LogP contribution in [0.2, 0.25) is 0 Å². The molecular weight excluding hydrogens is 992 g/mol. The van der Waals surface area contributed by atoms with Crippen molar-refractivity contribution in [2.24, 2.45) is 5.92 Å². The topological polar surface area (TPSA) is 365 Å². The molecule has 1 aliphatic carbocycles. The van der Waals surface area contributed by atoms with Gasteiger partial charge in [0.15, 0.2) is 18.1 Å². The predicted molar refractivity (Wildman–Crippen MR) is 253 cm³/mol. The van der Waals surface area contributed by atoms with Crippen molar-refractivity contribution in [3.63, 3.8) is 0 Å². The van der Waals surface area contributed by atoms with Crippen molar-refractivity contribution in [2.45, 2.75) is 121 Å². The Morgan fingerprint density at radius 1 is 0.960 bits per heavy atom. The van der Waals surface area contributed by atoms with Crippen LogP contribution in [0.5, 0.6) is 0 Å². The van der Waals surface area contributed by atoms with Gasteiger partial charge in [-0.2, -0.15) is 0 Å². The maximum Gasteiger partial charge on any atom is 0.343 e. The number of ether oxygens (including phenoxy) is 3. The number of carbonyl (C=O) groups excluding carboxylic acids is 8. The normalized spacial score (nSPS) is 26.5. The van der Waals surface area contributed by atoms with Gasteiger partial charge in [-0.3, -0.25) is 38.5 Å². The molecule has 26 heteroatoms. The van der Waals surface area contributed by atoms with Gasteiger partial charge in [0, 0.05) is 59.8 Å². The monoisotopic (exact) mass is 1050 g/mol. The molecule has 10 atom stereocenters. The molecule has 75 heavy (non-hydrogen) atoms. The fraction of sp³-hybridized carbons (Fsp3) is 0.531. The summed E-state index contributed by atoms with van der Waals surface area (Å²) in [6.07, 6.45) is -6.23. The van der Waals surface area contributed by atoms with Gasteiger partial charge < -0.3 is 76.3 Å². The van der Waals surface area contributed by atoms with E-state index in [2.05, 4.69) is 26.6 Å². The van der Waals surface area contributed by atoms with Crippen molar-refractivity contribution in [1.82, 2.24) is 41.4 Å². The summed E-state index contributed by atoms with van der Waals surface area (Å²) >= 11 is 0. The van der Waals surface area contributed by atoms with Gasteiger partial charge in [-0.25, -0.2) is 14.2 Å². The first-order valence-corrected chi connectivity index (χ1v) is 24.4. The molecule has 8 rings (SSSR count). The van der Waals surface area contributed by atoms with E-state index in [1.54, 1.807) is 38.7 Å². The highest BCUT2D eigenvalue weighted by molar-refractivity contribution is 6.14. The van der Waals surface area contributed by atoms with Crippen LogP contribution in [0.25, 0.3) is 16.6 Å². The van der Waals surface area contributed by atoms with E-state index in [9.17, 15) is 69.0 Å². The fourth-order valence-corrected chi connectivity index (χ4v) is 10.1. The number of amides is 7. The van der Waals surface area contributed by atoms with Crippen LogP contribution in [0.15, 0.2) is 35.4 Å². The number of benzene rings is 1. The molecular formula is C49H59FN8O17. The van der Waals surface area contributed by atoms with Gasteiger partial charge in [-0.05, 0) is 54.9 Å². The molecule has 6 aliphatic rings. The lowest BCUT2D eigenvalue weighted by Gasteiger charge is -2.40. The number of nitrogens with one attached hydrogen (secondary N) is 5. The predicted octanol–water partition coefficient (Wildman–Crippen LogP) is -3.74. The number of aliphatic hydroxyl groups is 6. The largest absolute Gasteiger partial charge is 0.459 e. The Labute approximate surface area is 427 Å². The number of aliphatic hydroxyl groups excluding tert-OH is 5. The summed E-state index contributed by atoms with van der Waals surface area (Å²) in [5, 5.41) is 77.6. The van der Waals surface area contributed by atoms with Crippen LogP contribution in [0.1, 0.15) is 74.0 Å². The number of aromatic nitrogens is 1. The van der Waals surface area contributed by atoms with Gasteiger partial charge in [0.1, 0.15) is 55.5 Å². The van der Waals surface area contributed by atoms with E-state index < -0.39 is 146 Å². The minimum absolute atomic E-state index is 0.0573. The number of hydrogen-bond donors (Lipinski definition) is 11. The number of carbonyl (C=O) groups is 8. The summed E-state index contributed by atoms with van der Waals surface area (Å²) in [6.45, 7) is 3.06. The van der Waals surface area contributed by atoms with Gasteiger partial charge in [-0.15, -0.1) is 0 Å². The number of imide groups is 1. The van der Waals surface area contributed by atoms with E-state index in [0.717, 1.165) is 12.2 Å². The Morgan fingerprint density at radius 3 is 2.36 bits per heavy atom. The van der Waals surface area contributed by atoms with Crippen LogP contribution < -0.4 is 26.6 Å². The maximum atomic E-state index is 15.5. The van der Waals surface area contributed by atoms with Gasteiger partial charge in [0.25, 0.3) is 11.8 Å². The molecule has 11 N–H and O–H groups in total. The molecule has 404 valence electrons. The number of rotatable bonds is 18. The average molecular weight is 1050 g/mol. The Bertz CT molecular complexity index is 2800.